The number of alkyl halides is 2. The zero-order chi connectivity index (χ0) is 13.8. The largest absolute Gasteiger partial charge is 0.464 e. The zero-order valence-electron chi connectivity index (χ0n) is 10.9. The first-order chi connectivity index (χ1) is 9.04. The molecule has 1 saturated heterocycles. The zero-order valence-corrected chi connectivity index (χ0v) is 11.7. The monoisotopic (exact) mass is 291 g/mol. The fourth-order valence-electron chi connectivity index (χ4n) is 2.35. The number of furan rings is 1. The summed E-state index contributed by atoms with van der Waals surface area (Å²) in [6, 6.07) is 3.60. The van der Waals surface area contributed by atoms with Crippen molar-refractivity contribution >= 4 is 11.8 Å². The maximum absolute atomic E-state index is 12.1. The van der Waals surface area contributed by atoms with E-state index in [1.54, 1.807) is 6.07 Å². The molecule has 2 rings (SSSR count). The van der Waals surface area contributed by atoms with Crippen LogP contribution < -0.4 is 0 Å². The molecule has 0 aromatic carbocycles. The Bertz CT molecular complexity index is 398. The summed E-state index contributed by atoms with van der Waals surface area (Å²) < 4.78 is 29.7. The van der Waals surface area contributed by atoms with E-state index in [0.717, 1.165) is 25.3 Å². The number of aliphatic hydroxyl groups excluding tert-OH is 1. The summed E-state index contributed by atoms with van der Waals surface area (Å²) in [4.78, 5) is 2.22. The van der Waals surface area contributed by atoms with Crippen LogP contribution in [0.1, 0.15) is 24.9 Å². The van der Waals surface area contributed by atoms with Crippen molar-refractivity contribution < 1.29 is 18.3 Å². The Kier molecular flexibility index (Phi) is 5.24. The molecule has 1 aromatic rings. The highest BCUT2D eigenvalue weighted by Crippen LogP contribution is 2.24. The van der Waals surface area contributed by atoms with Gasteiger partial charge in [0.05, 0.1) is 18.4 Å². The van der Waals surface area contributed by atoms with Crippen molar-refractivity contribution in [3.63, 3.8) is 0 Å². The summed E-state index contributed by atoms with van der Waals surface area (Å²) in [5.74, 6) is -0.445. The smallest absolute Gasteiger partial charge is 0.284 e. The molecule has 0 aliphatic carbocycles. The first-order valence-corrected chi connectivity index (χ1v) is 7.47. The van der Waals surface area contributed by atoms with Gasteiger partial charge in [0.1, 0.15) is 11.5 Å². The third-order valence-electron chi connectivity index (χ3n) is 3.44. The number of likely N-dealkylation sites (tertiary alicyclic amines) is 1. The second-order valence-corrected chi connectivity index (χ2v) is 5.94. The summed E-state index contributed by atoms with van der Waals surface area (Å²) in [6.45, 7) is 4.31. The molecule has 0 radical (unpaired) electrons. The predicted molar refractivity (Wildman–Crippen MR) is 71.1 cm³/mol. The molecular weight excluding hydrogens is 272 g/mol. The molecule has 2 heterocycles. The van der Waals surface area contributed by atoms with Crippen LogP contribution in [0.3, 0.4) is 0 Å². The first kappa shape index (κ1) is 14.8. The van der Waals surface area contributed by atoms with E-state index in [9.17, 15) is 13.9 Å². The maximum atomic E-state index is 12.1. The third-order valence-corrected chi connectivity index (χ3v) is 4.14. The summed E-state index contributed by atoms with van der Waals surface area (Å²) in [5, 5.41) is 9.54. The van der Waals surface area contributed by atoms with Gasteiger partial charge in [-0.05, 0) is 37.9 Å². The molecule has 2 atom stereocenters. The Morgan fingerprint density at radius 3 is 2.84 bits per heavy atom. The molecule has 0 bridgehead atoms. The Labute approximate surface area is 116 Å². The van der Waals surface area contributed by atoms with Gasteiger partial charge in [0.25, 0.3) is 5.76 Å². The highest BCUT2D eigenvalue weighted by molar-refractivity contribution is 7.98. The number of hydrogen-bond donors (Lipinski definition) is 1. The van der Waals surface area contributed by atoms with E-state index in [1.807, 2.05) is 13.0 Å². The molecule has 0 saturated carbocycles. The summed E-state index contributed by atoms with van der Waals surface area (Å²) >= 11 is 0.571. The Hall–Kier alpha value is -0.590. The van der Waals surface area contributed by atoms with Gasteiger partial charge in [-0.1, -0.05) is 11.8 Å². The fraction of sp³-hybridized carbons (Fsp3) is 0.692. The lowest BCUT2D eigenvalue weighted by molar-refractivity contribution is 0.126. The highest BCUT2D eigenvalue weighted by Gasteiger charge is 2.26. The van der Waals surface area contributed by atoms with Gasteiger partial charge >= 0.3 is 0 Å². The van der Waals surface area contributed by atoms with Gasteiger partial charge in [0.15, 0.2) is 0 Å². The molecule has 1 fully saturated rings. The van der Waals surface area contributed by atoms with Crippen LogP contribution in [0.2, 0.25) is 0 Å². The van der Waals surface area contributed by atoms with Gasteiger partial charge in [-0.3, -0.25) is 4.90 Å². The maximum Gasteiger partial charge on any atom is 0.284 e. The van der Waals surface area contributed by atoms with Gasteiger partial charge in [-0.25, -0.2) is 0 Å². The van der Waals surface area contributed by atoms with Crippen molar-refractivity contribution in [2.75, 3.05) is 13.1 Å². The number of nitrogens with zero attached hydrogens (tertiary/aromatic N) is 1. The minimum absolute atomic E-state index is 0.202. The molecule has 19 heavy (non-hydrogen) atoms. The summed E-state index contributed by atoms with van der Waals surface area (Å²) in [7, 11) is 0. The molecule has 0 spiro atoms. The van der Waals surface area contributed by atoms with E-state index in [-0.39, 0.29) is 11.9 Å². The van der Waals surface area contributed by atoms with Crippen LogP contribution in [0.25, 0.3) is 0 Å². The predicted octanol–water partition coefficient (Wildman–Crippen LogP) is 2.94. The van der Waals surface area contributed by atoms with E-state index in [0.29, 0.717) is 30.0 Å². The molecule has 1 N–H and O–H groups in total. The molecule has 2 unspecified atom stereocenters. The van der Waals surface area contributed by atoms with Crippen molar-refractivity contribution in [2.45, 2.75) is 37.5 Å². The van der Waals surface area contributed by atoms with Crippen LogP contribution in [0.4, 0.5) is 8.78 Å². The first-order valence-electron chi connectivity index (χ1n) is 6.42. The highest BCUT2D eigenvalue weighted by atomic mass is 32.2. The minimum Gasteiger partial charge on any atom is -0.464 e. The molecule has 6 heteroatoms. The van der Waals surface area contributed by atoms with Gasteiger partial charge in [0, 0.05) is 6.54 Å². The third kappa shape index (κ3) is 4.47. The van der Waals surface area contributed by atoms with E-state index < -0.39 is 5.76 Å². The number of thioether (sulfide) groups is 1. The van der Waals surface area contributed by atoms with Crippen molar-refractivity contribution in [3.05, 3.63) is 23.7 Å². The Balaban J connectivity index is 1.80. The number of rotatable bonds is 6. The molecule has 1 aromatic heterocycles. The lowest BCUT2D eigenvalue weighted by atomic mass is 10.0. The number of hydrogen-bond acceptors (Lipinski definition) is 4. The molecule has 108 valence electrons. The summed E-state index contributed by atoms with van der Waals surface area (Å²) in [5.41, 5.74) is 0. The van der Waals surface area contributed by atoms with Crippen LogP contribution in [0, 0.1) is 5.92 Å². The number of halogens is 2. The van der Waals surface area contributed by atoms with Gasteiger partial charge in [0.2, 0.25) is 0 Å². The van der Waals surface area contributed by atoms with E-state index >= 15 is 0 Å². The van der Waals surface area contributed by atoms with Crippen LogP contribution >= 0.6 is 11.8 Å². The average molecular weight is 291 g/mol. The molecular formula is C13H19F2NO2S. The van der Waals surface area contributed by atoms with Gasteiger partial charge < -0.3 is 9.52 Å². The second-order valence-electron chi connectivity index (χ2n) is 4.96. The SMILES string of the molecule is CC(O)C1CCN(Cc2ccc(CSC(F)F)o2)C1. The standard InChI is InChI=1S/C13H19F2NO2S/c1-9(17)10-4-5-16(6-10)7-11-2-3-12(18-11)8-19-13(14)15/h2-3,9-10,13,17H,4-8H2,1H3. The number of aliphatic hydroxyl groups is 1. The van der Waals surface area contributed by atoms with Gasteiger partial charge in [-0.2, -0.15) is 8.78 Å². The minimum atomic E-state index is -2.36. The second kappa shape index (κ2) is 6.72. The van der Waals surface area contributed by atoms with E-state index in [4.69, 9.17) is 4.42 Å². The average Bonchev–Trinajstić information content (AvgIpc) is 2.96. The normalized spacial score (nSPS) is 22.3. The van der Waals surface area contributed by atoms with Crippen molar-refractivity contribution in [3.8, 4) is 0 Å². The summed E-state index contributed by atoms with van der Waals surface area (Å²) in [6.07, 6.45) is 0.714. The fourth-order valence-corrected chi connectivity index (χ4v) is 2.80. The lowest BCUT2D eigenvalue weighted by Gasteiger charge is -2.15. The van der Waals surface area contributed by atoms with Crippen LogP contribution in [0.15, 0.2) is 16.5 Å². The van der Waals surface area contributed by atoms with Crippen molar-refractivity contribution in [1.29, 1.82) is 0 Å². The van der Waals surface area contributed by atoms with Crippen LogP contribution in [0.5, 0.6) is 0 Å². The molecule has 0 amide bonds. The van der Waals surface area contributed by atoms with Crippen molar-refractivity contribution in [1.82, 2.24) is 4.90 Å². The Morgan fingerprint density at radius 1 is 1.47 bits per heavy atom. The Morgan fingerprint density at radius 2 is 2.21 bits per heavy atom. The van der Waals surface area contributed by atoms with Gasteiger partial charge in [-0.15, -0.1) is 0 Å². The quantitative estimate of drug-likeness (QED) is 0.874. The molecule has 3 nitrogen and oxygen atoms in total. The lowest BCUT2D eigenvalue weighted by Crippen LogP contribution is -2.23. The van der Waals surface area contributed by atoms with Crippen LogP contribution in [-0.4, -0.2) is 35.0 Å². The van der Waals surface area contributed by atoms with E-state index in [1.165, 1.54) is 0 Å². The van der Waals surface area contributed by atoms with Crippen molar-refractivity contribution in [2.24, 2.45) is 5.92 Å². The topological polar surface area (TPSA) is 36.6 Å². The molecule has 1 aliphatic rings. The molecule has 1 aliphatic heterocycles. The van der Waals surface area contributed by atoms with Crippen LogP contribution in [-0.2, 0) is 12.3 Å². The van der Waals surface area contributed by atoms with E-state index in [2.05, 4.69) is 4.90 Å².